The first-order chi connectivity index (χ1) is 12.0. The molecular formula is C19H17FN2O3. The molecule has 2 aromatic carbocycles. The zero-order valence-electron chi connectivity index (χ0n) is 14.1. The molecule has 0 unspecified atom stereocenters. The molecule has 0 aromatic heterocycles. The largest absolute Gasteiger partial charge is 0.496 e. The molecule has 1 aliphatic rings. The highest BCUT2D eigenvalue weighted by Gasteiger charge is 2.22. The molecule has 1 N–H and O–H groups in total. The third-order valence-electron chi connectivity index (χ3n) is 3.83. The minimum absolute atomic E-state index is 0.212. The van der Waals surface area contributed by atoms with Crippen molar-refractivity contribution in [3.8, 4) is 11.5 Å². The fourth-order valence-corrected chi connectivity index (χ4v) is 2.58. The van der Waals surface area contributed by atoms with Crippen LogP contribution < -0.4 is 14.8 Å². The number of nitrogens with zero attached hydrogens (tertiary/aromatic N) is 1. The third-order valence-corrected chi connectivity index (χ3v) is 3.83. The van der Waals surface area contributed by atoms with Gasteiger partial charge in [0.25, 0.3) is 5.91 Å². The van der Waals surface area contributed by atoms with Gasteiger partial charge in [-0.25, -0.2) is 9.38 Å². The molecular weight excluding hydrogens is 323 g/mol. The summed E-state index contributed by atoms with van der Waals surface area (Å²) in [7, 11) is 3.13. The molecule has 25 heavy (non-hydrogen) atoms. The zero-order chi connectivity index (χ0) is 18.0. The smallest absolute Gasteiger partial charge is 0.275 e. The monoisotopic (exact) mass is 340 g/mol. The Labute approximate surface area is 144 Å². The number of nitrogens with one attached hydrogen (secondary N) is 1. The molecule has 1 amide bonds. The van der Waals surface area contributed by atoms with Gasteiger partial charge in [0.05, 0.1) is 14.2 Å². The van der Waals surface area contributed by atoms with Gasteiger partial charge in [0.15, 0.2) is 0 Å². The number of carbonyl (C=O) groups is 1. The molecule has 128 valence electrons. The topological polar surface area (TPSA) is 59.9 Å². The Hall–Kier alpha value is -3.15. The molecule has 0 radical (unpaired) electrons. The summed E-state index contributed by atoms with van der Waals surface area (Å²) >= 11 is 0. The van der Waals surface area contributed by atoms with Crippen molar-refractivity contribution in [2.45, 2.75) is 6.92 Å². The molecule has 0 spiro atoms. The van der Waals surface area contributed by atoms with E-state index in [1.54, 1.807) is 38.5 Å². The molecule has 0 saturated carbocycles. The SMILES string of the molecule is COc1cc(/C=C2/N=C(c3cccc(F)c3)NC2=O)c(OC)cc1C. The second-order valence-electron chi connectivity index (χ2n) is 5.52. The lowest BCUT2D eigenvalue weighted by Crippen LogP contribution is -2.24. The van der Waals surface area contributed by atoms with Gasteiger partial charge < -0.3 is 14.8 Å². The van der Waals surface area contributed by atoms with Crippen LogP contribution in [0.2, 0.25) is 0 Å². The number of amidine groups is 1. The van der Waals surface area contributed by atoms with E-state index in [0.29, 0.717) is 28.5 Å². The average Bonchev–Trinajstić information content (AvgIpc) is 2.97. The Bertz CT molecular complexity index is 904. The maximum Gasteiger partial charge on any atom is 0.275 e. The van der Waals surface area contributed by atoms with Crippen molar-refractivity contribution >= 4 is 17.8 Å². The number of methoxy groups -OCH3 is 2. The van der Waals surface area contributed by atoms with Crippen molar-refractivity contribution in [3.05, 3.63) is 64.6 Å². The molecule has 1 heterocycles. The second-order valence-corrected chi connectivity index (χ2v) is 5.52. The lowest BCUT2D eigenvalue weighted by molar-refractivity contribution is -0.115. The summed E-state index contributed by atoms with van der Waals surface area (Å²) in [6.07, 6.45) is 1.61. The van der Waals surface area contributed by atoms with Gasteiger partial charge in [-0.3, -0.25) is 4.79 Å². The molecule has 0 aliphatic carbocycles. The van der Waals surface area contributed by atoms with E-state index in [0.717, 1.165) is 5.56 Å². The number of ether oxygens (including phenoxy) is 2. The molecule has 3 rings (SSSR count). The van der Waals surface area contributed by atoms with Gasteiger partial charge in [-0.05, 0) is 42.8 Å². The van der Waals surface area contributed by atoms with E-state index in [1.807, 2.05) is 13.0 Å². The normalized spacial score (nSPS) is 15.1. The second kappa shape index (κ2) is 6.76. The number of rotatable bonds is 4. The number of benzene rings is 2. The van der Waals surface area contributed by atoms with Crippen molar-refractivity contribution in [3.63, 3.8) is 0 Å². The van der Waals surface area contributed by atoms with E-state index in [-0.39, 0.29) is 11.6 Å². The summed E-state index contributed by atoms with van der Waals surface area (Å²) in [5.41, 5.74) is 2.30. The van der Waals surface area contributed by atoms with Crippen LogP contribution in [-0.4, -0.2) is 26.0 Å². The molecule has 0 atom stereocenters. The number of hydrogen-bond acceptors (Lipinski definition) is 4. The molecule has 0 fully saturated rings. The number of aryl methyl sites for hydroxylation is 1. The first-order valence-electron chi connectivity index (χ1n) is 7.62. The number of aliphatic imine (C=N–C) groups is 1. The van der Waals surface area contributed by atoms with Crippen LogP contribution in [0, 0.1) is 12.7 Å². The average molecular weight is 340 g/mol. The van der Waals surface area contributed by atoms with Gasteiger partial charge in [-0.2, -0.15) is 0 Å². The quantitative estimate of drug-likeness (QED) is 0.870. The van der Waals surface area contributed by atoms with Crippen molar-refractivity contribution < 1.29 is 18.7 Å². The fourth-order valence-electron chi connectivity index (χ4n) is 2.58. The maximum atomic E-state index is 13.4. The summed E-state index contributed by atoms with van der Waals surface area (Å²) in [5.74, 6) is 0.847. The first kappa shape index (κ1) is 16.7. The highest BCUT2D eigenvalue weighted by molar-refractivity contribution is 6.19. The van der Waals surface area contributed by atoms with Gasteiger partial charge in [-0.15, -0.1) is 0 Å². The minimum Gasteiger partial charge on any atom is -0.496 e. The number of hydrogen-bond donors (Lipinski definition) is 1. The summed E-state index contributed by atoms with van der Waals surface area (Å²) in [6.45, 7) is 1.90. The van der Waals surface area contributed by atoms with Crippen LogP contribution in [0.3, 0.4) is 0 Å². The van der Waals surface area contributed by atoms with Gasteiger partial charge in [0, 0.05) is 11.1 Å². The van der Waals surface area contributed by atoms with E-state index in [2.05, 4.69) is 10.3 Å². The number of halogens is 1. The Morgan fingerprint density at radius 2 is 1.88 bits per heavy atom. The molecule has 1 aliphatic heterocycles. The predicted octanol–water partition coefficient (Wildman–Crippen LogP) is 3.07. The van der Waals surface area contributed by atoms with Crippen LogP contribution in [0.4, 0.5) is 4.39 Å². The van der Waals surface area contributed by atoms with E-state index in [9.17, 15) is 9.18 Å². The van der Waals surface area contributed by atoms with Crippen LogP contribution in [0.5, 0.6) is 11.5 Å². The van der Waals surface area contributed by atoms with E-state index < -0.39 is 5.82 Å². The molecule has 5 nitrogen and oxygen atoms in total. The van der Waals surface area contributed by atoms with Gasteiger partial charge in [0.1, 0.15) is 28.8 Å². The standard InChI is InChI=1S/C19H17FN2O3/c1-11-7-17(25-3)13(10-16(11)24-2)9-15-19(23)22-18(21-15)12-5-4-6-14(20)8-12/h4-10H,1-3H3,(H,21,22,23)/b15-9+. The van der Waals surface area contributed by atoms with Crippen LogP contribution in [0.1, 0.15) is 16.7 Å². The number of carbonyl (C=O) groups excluding carboxylic acids is 1. The van der Waals surface area contributed by atoms with Crippen LogP contribution >= 0.6 is 0 Å². The number of amides is 1. The lowest BCUT2D eigenvalue weighted by atomic mass is 10.1. The predicted molar refractivity (Wildman–Crippen MR) is 93.3 cm³/mol. The Morgan fingerprint density at radius 1 is 1.12 bits per heavy atom. The highest BCUT2D eigenvalue weighted by atomic mass is 19.1. The van der Waals surface area contributed by atoms with Crippen LogP contribution in [-0.2, 0) is 4.79 Å². The van der Waals surface area contributed by atoms with Gasteiger partial charge in [0.2, 0.25) is 0 Å². The van der Waals surface area contributed by atoms with Crippen molar-refractivity contribution in [2.75, 3.05) is 14.2 Å². The van der Waals surface area contributed by atoms with E-state index >= 15 is 0 Å². The van der Waals surface area contributed by atoms with Crippen molar-refractivity contribution in [1.29, 1.82) is 0 Å². The van der Waals surface area contributed by atoms with Crippen molar-refractivity contribution in [1.82, 2.24) is 5.32 Å². The summed E-state index contributed by atoms with van der Waals surface area (Å²) in [4.78, 5) is 16.5. The highest BCUT2D eigenvalue weighted by Crippen LogP contribution is 2.30. The Balaban J connectivity index is 2.02. The molecule has 0 saturated heterocycles. The van der Waals surface area contributed by atoms with Crippen molar-refractivity contribution in [2.24, 2.45) is 4.99 Å². The molecule has 2 aromatic rings. The fraction of sp³-hybridized carbons (Fsp3) is 0.158. The maximum absolute atomic E-state index is 13.4. The summed E-state index contributed by atoms with van der Waals surface area (Å²) in [5, 5.41) is 2.65. The lowest BCUT2D eigenvalue weighted by Gasteiger charge is -2.10. The van der Waals surface area contributed by atoms with Gasteiger partial charge in [-0.1, -0.05) is 12.1 Å². The van der Waals surface area contributed by atoms with E-state index in [4.69, 9.17) is 9.47 Å². The first-order valence-corrected chi connectivity index (χ1v) is 7.62. The minimum atomic E-state index is -0.392. The summed E-state index contributed by atoms with van der Waals surface area (Å²) < 4.78 is 24.1. The van der Waals surface area contributed by atoms with Gasteiger partial charge >= 0.3 is 0 Å². The molecule has 6 heteroatoms. The third kappa shape index (κ3) is 3.38. The molecule has 0 bridgehead atoms. The van der Waals surface area contributed by atoms with E-state index in [1.165, 1.54) is 12.1 Å². The summed E-state index contributed by atoms with van der Waals surface area (Å²) in [6, 6.07) is 9.51. The zero-order valence-corrected chi connectivity index (χ0v) is 14.1. The Morgan fingerprint density at radius 3 is 2.56 bits per heavy atom. The van der Waals surface area contributed by atoms with Crippen LogP contribution in [0.25, 0.3) is 6.08 Å². The Kier molecular flexibility index (Phi) is 4.52. The van der Waals surface area contributed by atoms with Crippen LogP contribution in [0.15, 0.2) is 47.1 Å².